The molecule has 5 heteroatoms. The van der Waals surface area contributed by atoms with E-state index >= 15 is 0 Å². The van der Waals surface area contributed by atoms with Crippen molar-refractivity contribution in [2.24, 2.45) is 5.10 Å². The van der Waals surface area contributed by atoms with Crippen LogP contribution in [-0.4, -0.2) is 5.71 Å². The number of hydrazone groups is 1. The van der Waals surface area contributed by atoms with Gasteiger partial charge in [-0.3, -0.25) is 5.43 Å². The van der Waals surface area contributed by atoms with Crippen molar-refractivity contribution in [3.05, 3.63) is 29.3 Å². The molecule has 0 aliphatic carbocycles. The van der Waals surface area contributed by atoms with Crippen LogP contribution in [0.15, 0.2) is 23.3 Å². The minimum absolute atomic E-state index is 0.182. The van der Waals surface area contributed by atoms with Crippen molar-refractivity contribution < 1.29 is 0 Å². The van der Waals surface area contributed by atoms with Crippen molar-refractivity contribution in [3.63, 3.8) is 0 Å². The van der Waals surface area contributed by atoms with Crippen LogP contribution in [0.1, 0.15) is 11.1 Å². The summed E-state index contributed by atoms with van der Waals surface area (Å²) in [6, 6.07) is 9.22. The van der Waals surface area contributed by atoms with E-state index in [0.717, 1.165) is 18.8 Å². The maximum absolute atomic E-state index is 8.51. The highest BCUT2D eigenvalue weighted by Crippen LogP contribution is 2.19. The summed E-state index contributed by atoms with van der Waals surface area (Å²) in [6.07, 6.45) is 0. The lowest BCUT2D eigenvalue weighted by atomic mass is 10.1. The fraction of sp³-hybridized carbons (Fsp3) is 0.182. The van der Waals surface area contributed by atoms with Gasteiger partial charge >= 0.3 is 0 Å². The van der Waals surface area contributed by atoms with E-state index in [1.54, 1.807) is 12.1 Å². The summed E-state index contributed by atoms with van der Waals surface area (Å²) in [6.45, 7) is 1.73. The van der Waals surface area contributed by atoms with Crippen LogP contribution in [0.4, 0.5) is 5.69 Å². The number of anilines is 1. The van der Waals surface area contributed by atoms with Gasteiger partial charge in [-0.25, -0.2) is 0 Å². The van der Waals surface area contributed by atoms with E-state index in [2.05, 4.69) is 15.8 Å². The molecule has 5 nitrogen and oxygen atoms in total. The summed E-state index contributed by atoms with van der Waals surface area (Å²) in [7, 11) is 0. The first-order valence-corrected chi connectivity index (χ1v) is 4.80. The second kappa shape index (κ2) is 4.43. The molecule has 78 valence electrons. The Morgan fingerprint density at radius 2 is 2.00 bits per heavy atom. The molecule has 1 aromatic carbocycles. The predicted octanol–water partition coefficient (Wildman–Crippen LogP) is 1.10. The van der Waals surface area contributed by atoms with Crippen LogP contribution in [-0.2, 0) is 13.1 Å². The van der Waals surface area contributed by atoms with Gasteiger partial charge in [0.25, 0.3) is 0 Å². The Kier molecular flexibility index (Phi) is 2.81. The van der Waals surface area contributed by atoms with Crippen LogP contribution in [0, 0.1) is 22.7 Å². The maximum atomic E-state index is 8.51. The molecule has 0 spiro atoms. The normalized spacial score (nSPS) is 12.1. The van der Waals surface area contributed by atoms with Gasteiger partial charge in [0.15, 0.2) is 0 Å². The third-order valence-corrected chi connectivity index (χ3v) is 2.35. The Labute approximate surface area is 93.0 Å². The highest BCUT2D eigenvalue weighted by molar-refractivity contribution is 6.10. The molecule has 0 radical (unpaired) electrons. The zero-order chi connectivity index (χ0) is 11.4. The summed E-state index contributed by atoms with van der Waals surface area (Å²) in [4.78, 5) is 0. The average molecular weight is 211 g/mol. The Morgan fingerprint density at radius 1 is 1.25 bits per heavy atom. The Morgan fingerprint density at radius 3 is 2.75 bits per heavy atom. The molecule has 0 unspecified atom stereocenters. The van der Waals surface area contributed by atoms with Gasteiger partial charge in [0, 0.05) is 13.1 Å². The first kappa shape index (κ1) is 10.2. The maximum Gasteiger partial charge on any atom is 0.237 e. The number of hydrogen-bond acceptors (Lipinski definition) is 5. The molecule has 0 amide bonds. The van der Waals surface area contributed by atoms with Crippen LogP contribution in [0.25, 0.3) is 0 Å². The van der Waals surface area contributed by atoms with Gasteiger partial charge in [-0.05, 0) is 23.3 Å². The zero-order valence-corrected chi connectivity index (χ0v) is 8.49. The Balaban J connectivity index is 2.16. The summed E-state index contributed by atoms with van der Waals surface area (Å²) >= 11 is 0. The zero-order valence-electron chi connectivity index (χ0n) is 8.49. The molecular formula is C11H9N5. The second-order valence-electron chi connectivity index (χ2n) is 3.38. The van der Waals surface area contributed by atoms with E-state index in [1.807, 2.05) is 18.2 Å². The first-order valence-electron chi connectivity index (χ1n) is 4.80. The molecular weight excluding hydrogens is 202 g/mol. The third kappa shape index (κ3) is 2.00. The highest BCUT2D eigenvalue weighted by Gasteiger charge is 2.09. The van der Waals surface area contributed by atoms with Gasteiger partial charge in [-0.1, -0.05) is 6.07 Å². The number of hydrogen-bond donors (Lipinski definition) is 2. The van der Waals surface area contributed by atoms with Crippen molar-refractivity contribution in [2.75, 3.05) is 5.43 Å². The molecule has 0 saturated carbocycles. The molecule has 0 aromatic heterocycles. The molecule has 0 fully saturated rings. The average Bonchev–Trinajstić information content (AvgIpc) is 2.77. The quantitative estimate of drug-likeness (QED) is 0.566. The largest absolute Gasteiger partial charge is 0.309 e. The molecule has 0 saturated heterocycles. The topological polar surface area (TPSA) is 84.0 Å². The van der Waals surface area contributed by atoms with Crippen molar-refractivity contribution in [3.8, 4) is 12.1 Å². The molecule has 1 aliphatic heterocycles. The number of benzene rings is 1. The Bertz CT molecular complexity index is 502. The molecule has 0 atom stereocenters. The number of rotatable bonds is 2. The van der Waals surface area contributed by atoms with E-state index in [4.69, 9.17) is 10.5 Å². The monoisotopic (exact) mass is 211 g/mol. The first-order chi connectivity index (χ1) is 7.83. The molecule has 2 N–H and O–H groups in total. The molecule has 1 aliphatic rings. The van der Waals surface area contributed by atoms with Crippen LogP contribution in [0.2, 0.25) is 0 Å². The van der Waals surface area contributed by atoms with E-state index in [9.17, 15) is 0 Å². The minimum atomic E-state index is -0.182. The molecule has 1 heterocycles. The van der Waals surface area contributed by atoms with E-state index in [-0.39, 0.29) is 5.71 Å². The van der Waals surface area contributed by atoms with Crippen molar-refractivity contribution in [2.45, 2.75) is 13.1 Å². The number of nitriles is 2. The lowest BCUT2D eigenvalue weighted by Crippen LogP contribution is -2.00. The fourth-order valence-corrected chi connectivity index (χ4v) is 1.56. The smallest absolute Gasteiger partial charge is 0.237 e. The van der Waals surface area contributed by atoms with Gasteiger partial charge in [-0.2, -0.15) is 15.6 Å². The van der Waals surface area contributed by atoms with Gasteiger partial charge < -0.3 is 5.32 Å². The van der Waals surface area contributed by atoms with Gasteiger partial charge in [0.2, 0.25) is 5.71 Å². The van der Waals surface area contributed by atoms with Gasteiger partial charge in [0.05, 0.1) is 5.69 Å². The van der Waals surface area contributed by atoms with Crippen molar-refractivity contribution >= 4 is 11.4 Å². The predicted molar refractivity (Wildman–Crippen MR) is 59.3 cm³/mol. The van der Waals surface area contributed by atoms with Gasteiger partial charge in [-0.15, -0.1) is 0 Å². The molecule has 1 aromatic rings. The number of nitrogens with zero attached hydrogens (tertiary/aromatic N) is 3. The lowest BCUT2D eigenvalue weighted by molar-refractivity contribution is 0.765. The summed E-state index contributed by atoms with van der Waals surface area (Å²) < 4.78 is 0. The summed E-state index contributed by atoms with van der Waals surface area (Å²) in [5.74, 6) is 0. The van der Waals surface area contributed by atoms with E-state index in [0.29, 0.717) is 0 Å². The van der Waals surface area contributed by atoms with Crippen LogP contribution in [0.5, 0.6) is 0 Å². The fourth-order valence-electron chi connectivity index (χ4n) is 1.56. The molecule has 0 bridgehead atoms. The minimum Gasteiger partial charge on any atom is -0.309 e. The standard InChI is InChI=1S/C11H9N5/c12-4-11(5-13)16-15-10-2-1-8-6-14-7-9(8)3-10/h1-3,14-15H,6-7H2. The second-order valence-corrected chi connectivity index (χ2v) is 3.38. The van der Waals surface area contributed by atoms with E-state index in [1.165, 1.54) is 11.1 Å². The summed E-state index contributed by atoms with van der Waals surface area (Å²) in [5.41, 5.74) is 5.78. The lowest BCUT2D eigenvalue weighted by Gasteiger charge is -2.02. The third-order valence-electron chi connectivity index (χ3n) is 2.35. The highest BCUT2D eigenvalue weighted by atomic mass is 15.3. The van der Waals surface area contributed by atoms with Crippen molar-refractivity contribution in [1.29, 1.82) is 10.5 Å². The van der Waals surface area contributed by atoms with Crippen LogP contribution >= 0.6 is 0 Å². The molecule has 2 rings (SSSR count). The molecule has 16 heavy (non-hydrogen) atoms. The summed E-state index contributed by atoms with van der Waals surface area (Å²) in [5, 5.41) is 23.9. The SMILES string of the molecule is N#CC(C#N)=NNc1ccc2c(c1)CNC2. The van der Waals surface area contributed by atoms with Crippen molar-refractivity contribution in [1.82, 2.24) is 5.32 Å². The number of fused-ring (bicyclic) bond motifs is 1. The van der Waals surface area contributed by atoms with Gasteiger partial charge in [0.1, 0.15) is 12.1 Å². The Hall–Kier alpha value is -2.37. The van der Waals surface area contributed by atoms with Crippen LogP contribution < -0.4 is 10.7 Å². The van der Waals surface area contributed by atoms with Crippen LogP contribution in [0.3, 0.4) is 0 Å². The number of nitrogens with one attached hydrogen (secondary N) is 2. The van der Waals surface area contributed by atoms with E-state index < -0.39 is 0 Å².